The van der Waals surface area contributed by atoms with Gasteiger partial charge < -0.3 is 0 Å². The molecule has 0 aromatic heterocycles. The second-order valence-electron chi connectivity index (χ2n) is 9.79. The van der Waals surface area contributed by atoms with Gasteiger partial charge in [-0.05, 0) is 30.7 Å². The van der Waals surface area contributed by atoms with E-state index in [0.29, 0.717) is 11.8 Å². The van der Waals surface area contributed by atoms with Gasteiger partial charge in [-0.1, -0.05) is 144 Å². The Morgan fingerprint density at radius 1 is 0.625 bits per heavy atom. The van der Waals surface area contributed by atoms with Crippen LogP contribution in [-0.2, 0) is 6.42 Å². The molecule has 178 valence electrons. The van der Waals surface area contributed by atoms with Gasteiger partial charge in [0, 0.05) is 0 Å². The molecule has 2 atom stereocenters. The molecule has 0 spiro atoms. The van der Waals surface area contributed by atoms with Crippen LogP contribution < -0.4 is 0 Å². The topological polar surface area (TPSA) is 24.7 Å². The largest absolute Gasteiger partial charge is 0.244 e. The lowest BCUT2D eigenvalue weighted by molar-refractivity contribution is 0.284. The number of aliphatic imine (C=N–C) groups is 2. The van der Waals surface area contributed by atoms with Crippen LogP contribution >= 0.6 is 0 Å². The van der Waals surface area contributed by atoms with Crippen molar-refractivity contribution < 1.29 is 0 Å². The fraction of sp³-hybridized carbons (Fsp3) is 0.700. The Labute approximate surface area is 199 Å². The van der Waals surface area contributed by atoms with Gasteiger partial charge in [-0.3, -0.25) is 0 Å². The number of benzene rings is 1. The minimum absolute atomic E-state index is 0.500. The van der Waals surface area contributed by atoms with E-state index in [1.807, 2.05) is 12.4 Å². The molecule has 1 aliphatic rings. The lowest BCUT2D eigenvalue weighted by Gasteiger charge is -2.26. The first-order valence-electron chi connectivity index (χ1n) is 13.8. The fourth-order valence-electron chi connectivity index (χ4n) is 5.07. The van der Waals surface area contributed by atoms with Crippen molar-refractivity contribution in [1.82, 2.24) is 0 Å². The van der Waals surface area contributed by atoms with E-state index in [0.717, 1.165) is 12.6 Å². The number of hydrogen-bond donors (Lipinski definition) is 0. The number of unbranched alkanes of at least 4 members (excludes halogenated alkanes) is 12. The lowest BCUT2D eigenvalue weighted by atomic mass is 9.78. The molecule has 0 amide bonds. The monoisotopic (exact) mass is 437 g/mol. The normalized spacial score (nSPS) is 14.9. The summed E-state index contributed by atoms with van der Waals surface area (Å²) in [5.74, 6) is 1.15. The third-order valence-corrected chi connectivity index (χ3v) is 7.02. The summed E-state index contributed by atoms with van der Waals surface area (Å²) < 4.78 is 0. The summed E-state index contributed by atoms with van der Waals surface area (Å²) in [4.78, 5) is 9.30. The van der Waals surface area contributed by atoms with E-state index in [9.17, 15) is 0 Å². The summed E-state index contributed by atoms with van der Waals surface area (Å²) >= 11 is 0. The molecular weight excluding hydrogens is 388 g/mol. The second kappa shape index (κ2) is 17.9. The van der Waals surface area contributed by atoms with Crippen molar-refractivity contribution in [3.8, 4) is 0 Å². The molecule has 1 aromatic rings. The standard InChI is InChI=1S/C30H49N2/c1-3-5-7-8-9-10-11-12-13-14-19-22-28(26-27-20-17-15-18-21-27)29(23-16-6-4-2)30-31-24-25-32-30/h15,17-18,20-21,24-25,28-29H,3-14,16,19,22-23,26H2,1-2H3/q+1. The Bertz CT molecular complexity index is 595. The van der Waals surface area contributed by atoms with Crippen molar-refractivity contribution in [1.29, 1.82) is 0 Å². The van der Waals surface area contributed by atoms with Crippen molar-refractivity contribution >= 4 is 12.4 Å². The van der Waals surface area contributed by atoms with E-state index in [2.05, 4.69) is 54.2 Å². The van der Waals surface area contributed by atoms with Gasteiger partial charge in [0.05, 0.1) is 5.92 Å². The molecule has 0 fully saturated rings. The van der Waals surface area contributed by atoms with Crippen LogP contribution in [0, 0.1) is 18.0 Å². The highest BCUT2D eigenvalue weighted by Gasteiger charge is 2.35. The molecule has 1 heterocycles. The molecule has 32 heavy (non-hydrogen) atoms. The van der Waals surface area contributed by atoms with E-state index in [1.54, 1.807) is 0 Å². The molecular formula is C30H49N2+. The lowest BCUT2D eigenvalue weighted by Crippen LogP contribution is -2.22. The summed E-state index contributed by atoms with van der Waals surface area (Å²) in [6.07, 6.45) is 27.9. The second-order valence-corrected chi connectivity index (χ2v) is 9.79. The van der Waals surface area contributed by atoms with Crippen molar-refractivity contribution in [3.63, 3.8) is 0 Å². The Kier molecular flexibility index (Phi) is 14.9. The summed E-state index contributed by atoms with van der Waals surface area (Å²) in [5, 5.41) is 0. The SMILES string of the molecule is CCCCCCCCCCCCCC(Cc1ccccc1)C(CCCCC)[C+]1N=CC=N1. The fourth-order valence-corrected chi connectivity index (χ4v) is 5.07. The smallest absolute Gasteiger partial charge is 0.0965 e. The van der Waals surface area contributed by atoms with Gasteiger partial charge in [-0.15, -0.1) is 0 Å². The zero-order valence-electron chi connectivity index (χ0n) is 21.1. The Balaban J connectivity index is 1.78. The van der Waals surface area contributed by atoms with Crippen LogP contribution in [0.5, 0.6) is 0 Å². The van der Waals surface area contributed by atoms with E-state index in [-0.39, 0.29) is 0 Å². The van der Waals surface area contributed by atoms with Gasteiger partial charge in [0.25, 0.3) is 0 Å². The summed E-state index contributed by atoms with van der Waals surface area (Å²) in [5.41, 5.74) is 1.47. The van der Waals surface area contributed by atoms with Gasteiger partial charge in [-0.25, -0.2) is 0 Å². The van der Waals surface area contributed by atoms with E-state index in [4.69, 9.17) is 0 Å². The van der Waals surface area contributed by atoms with E-state index >= 15 is 0 Å². The van der Waals surface area contributed by atoms with Crippen molar-refractivity contribution in [2.45, 2.75) is 123 Å². The van der Waals surface area contributed by atoms with Gasteiger partial charge in [0.2, 0.25) is 6.17 Å². The van der Waals surface area contributed by atoms with Crippen LogP contribution in [0.1, 0.15) is 122 Å². The number of nitrogens with zero attached hydrogens (tertiary/aromatic N) is 2. The van der Waals surface area contributed by atoms with Gasteiger partial charge in [-0.2, -0.15) is 0 Å². The minimum Gasteiger partial charge on any atom is -0.0965 e. The van der Waals surface area contributed by atoms with Crippen LogP contribution in [0.2, 0.25) is 0 Å². The molecule has 0 bridgehead atoms. The molecule has 1 aromatic carbocycles. The first-order chi connectivity index (χ1) is 15.8. The Morgan fingerprint density at radius 3 is 1.72 bits per heavy atom. The van der Waals surface area contributed by atoms with Crippen LogP contribution in [0.3, 0.4) is 0 Å². The first-order valence-corrected chi connectivity index (χ1v) is 13.8. The highest BCUT2D eigenvalue weighted by Crippen LogP contribution is 2.36. The molecule has 1 aliphatic heterocycles. The van der Waals surface area contributed by atoms with Gasteiger partial charge in [0.15, 0.2) is 12.4 Å². The first kappa shape index (κ1) is 26.7. The van der Waals surface area contributed by atoms with Gasteiger partial charge in [0.1, 0.15) is 0 Å². The van der Waals surface area contributed by atoms with E-state index < -0.39 is 0 Å². The van der Waals surface area contributed by atoms with Crippen LogP contribution in [0.4, 0.5) is 0 Å². The maximum atomic E-state index is 4.65. The highest BCUT2D eigenvalue weighted by atomic mass is 15.0. The summed E-state index contributed by atoms with van der Waals surface area (Å²) in [6.45, 7) is 4.59. The summed E-state index contributed by atoms with van der Waals surface area (Å²) in [6, 6.07) is 11.1. The van der Waals surface area contributed by atoms with Crippen LogP contribution in [-0.4, -0.2) is 12.4 Å². The number of hydrogen-bond acceptors (Lipinski definition) is 2. The number of rotatable bonds is 20. The summed E-state index contributed by atoms with van der Waals surface area (Å²) in [7, 11) is 0. The molecule has 0 aliphatic carbocycles. The molecule has 2 nitrogen and oxygen atoms in total. The maximum Gasteiger partial charge on any atom is 0.244 e. The third kappa shape index (κ3) is 11.3. The predicted octanol–water partition coefficient (Wildman–Crippen LogP) is 9.39. The minimum atomic E-state index is 0.500. The van der Waals surface area contributed by atoms with E-state index in [1.165, 1.54) is 108 Å². The molecule has 0 saturated heterocycles. The quantitative estimate of drug-likeness (QED) is 0.143. The molecule has 2 unspecified atom stereocenters. The van der Waals surface area contributed by atoms with Gasteiger partial charge >= 0.3 is 0 Å². The Morgan fingerprint density at radius 2 is 1.12 bits per heavy atom. The molecule has 0 N–H and O–H groups in total. The highest BCUT2D eigenvalue weighted by molar-refractivity contribution is 6.18. The maximum absolute atomic E-state index is 4.65. The zero-order chi connectivity index (χ0) is 22.7. The van der Waals surface area contributed by atoms with Crippen molar-refractivity contribution in [2.24, 2.45) is 21.8 Å². The van der Waals surface area contributed by atoms with Crippen molar-refractivity contribution in [3.05, 3.63) is 42.1 Å². The molecule has 2 rings (SSSR count). The zero-order valence-corrected chi connectivity index (χ0v) is 21.1. The molecule has 2 heteroatoms. The van der Waals surface area contributed by atoms with Crippen LogP contribution in [0.25, 0.3) is 0 Å². The molecule has 0 radical (unpaired) electrons. The third-order valence-electron chi connectivity index (χ3n) is 7.02. The molecule has 0 saturated carbocycles. The average molecular weight is 438 g/mol. The van der Waals surface area contributed by atoms with Crippen molar-refractivity contribution in [2.75, 3.05) is 0 Å². The van der Waals surface area contributed by atoms with Crippen LogP contribution in [0.15, 0.2) is 40.3 Å². The Hall–Kier alpha value is -1.57. The average Bonchev–Trinajstić information content (AvgIpc) is 3.35. The predicted molar refractivity (Wildman–Crippen MR) is 143 cm³/mol.